The minimum Gasteiger partial charge on any atom is -0.395 e. The van der Waals surface area contributed by atoms with Gasteiger partial charge in [0.15, 0.2) is 6.10 Å². The van der Waals surface area contributed by atoms with Crippen molar-refractivity contribution < 1.29 is 45.0 Å². The number of amides is 3. The molecule has 186 valence electrons. The van der Waals surface area contributed by atoms with Crippen LogP contribution in [-0.2, 0) is 9.59 Å². The number of halogens is 3. The van der Waals surface area contributed by atoms with E-state index in [1.165, 1.54) is 18.9 Å². The van der Waals surface area contributed by atoms with Crippen molar-refractivity contribution in [1.82, 2.24) is 5.32 Å². The Morgan fingerprint density at radius 1 is 0.970 bits per heavy atom. The van der Waals surface area contributed by atoms with Crippen molar-refractivity contribution in [3.05, 3.63) is 16.3 Å². The lowest BCUT2D eigenvalue weighted by atomic mass is 10.0. The Hall–Kier alpha value is -0.420. The fourth-order valence-electron chi connectivity index (χ4n) is 2.72. The first-order chi connectivity index (χ1) is 15.3. The van der Waals surface area contributed by atoms with Crippen molar-refractivity contribution in [2.45, 2.75) is 31.3 Å². The van der Waals surface area contributed by atoms with Crippen LogP contribution in [0.3, 0.4) is 0 Å². The summed E-state index contributed by atoms with van der Waals surface area (Å²) in [5.74, 6) is -2.13. The highest BCUT2D eigenvalue weighted by atomic mass is 127. The second-order valence-corrected chi connectivity index (χ2v) is 9.92. The zero-order valence-electron chi connectivity index (χ0n) is 17.4. The van der Waals surface area contributed by atoms with Crippen LogP contribution in [-0.4, -0.2) is 99.6 Å². The molecule has 15 heteroatoms. The molecular formula is C18H24I3N3O9. The molecule has 1 rings (SSSR count). The van der Waals surface area contributed by atoms with Gasteiger partial charge in [-0.15, -0.1) is 0 Å². The molecule has 0 aliphatic carbocycles. The molecule has 0 spiro atoms. The van der Waals surface area contributed by atoms with Crippen LogP contribution in [0.25, 0.3) is 0 Å². The summed E-state index contributed by atoms with van der Waals surface area (Å²) in [6, 6.07) is 0. The molecule has 0 saturated heterocycles. The number of aliphatic hydroxyl groups is 6. The van der Waals surface area contributed by atoms with Gasteiger partial charge in [0.1, 0.15) is 18.3 Å². The van der Waals surface area contributed by atoms with Gasteiger partial charge in [-0.25, -0.2) is 0 Å². The maximum absolute atomic E-state index is 12.6. The number of carbonyl (C=O) groups excluding carboxylic acids is 3. The topological polar surface area (TPSA) is 200 Å². The molecule has 3 amide bonds. The van der Waals surface area contributed by atoms with Crippen molar-refractivity contribution >= 4 is 96.9 Å². The first kappa shape index (κ1) is 30.6. The number of carbonyl (C=O) groups is 3. The smallest absolute Gasteiger partial charge is 0.256 e. The Balaban J connectivity index is 3.60. The van der Waals surface area contributed by atoms with Crippen molar-refractivity contribution in [3.63, 3.8) is 0 Å². The predicted molar refractivity (Wildman–Crippen MR) is 143 cm³/mol. The Bertz CT molecular complexity index is 903. The molecule has 0 fully saturated rings. The second-order valence-electron chi connectivity index (χ2n) is 6.68. The van der Waals surface area contributed by atoms with Gasteiger partial charge in [0.2, 0.25) is 5.91 Å². The van der Waals surface area contributed by atoms with Gasteiger partial charge in [0.25, 0.3) is 11.8 Å². The Kier molecular flexibility index (Phi) is 12.6. The molecule has 4 unspecified atom stereocenters. The van der Waals surface area contributed by atoms with E-state index in [0.717, 1.165) is 0 Å². The molecule has 1 aromatic carbocycles. The maximum atomic E-state index is 12.6. The lowest BCUT2D eigenvalue weighted by Crippen LogP contribution is -2.50. The van der Waals surface area contributed by atoms with Crippen LogP contribution in [0.2, 0.25) is 0 Å². The van der Waals surface area contributed by atoms with Gasteiger partial charge in [-0.2, -0.15) is 0 Å². The summed E-state index contributed by atoms with van der Waals surface area (Å²) in [5.41, 5.74) is 0.417. The normalized spacial score (nSPS) is 14.8. The maximum Gasteiger partial charge on any atom is 0.256 e. The average Bonchev–Trinajstić information content (AvgIpc) is 2.78. The summed E-state index contributed by atoms with van der Waals surface area (Å²) in [5, 5.41) is 62.6. The zero-order valence-corrected chi connectivity index (χ0v) is 23.9. The van der Waals surface area contributed by atoms with Crippen LogP contribution in [0.15, 0.2) is 0 Å². The quantitative estimate of drug-likeness (QED) is 0.131. The van der Waals surface area contributed by atoms with Crippen molar-refractivity contribution in [3.8, 4) is 0 Å². The number of nitrogens with one attached hydrogen (secondary N) is 2. The van der Waals surface area contributed by atoms with E-state index in [1.807, 2.05) is 67.8 Å². The predicted octanol–water partition coefficient (Wildman–Crippen LogP) is -1.42. The molecule has 8 N–H and O–H groups in total. The van der Waals surface area contributed by atoms with Crippen LogP contribution in [0.1, 0.15) is 17.3 Å². The standard InChI is InChI=1S/C18H24I3N3O9/c1-6(27)24(3-4-25)13-10(20)8(17(32)22-2)9(19)12(11(13)21)23-18(33)16(31)15(30)14(29)7(28)5-26/h7,14-16,25-26,28-31H,3-5H2,1-2H3,(H,22,32)(H,23,33). The SMILES string of the molecule is CNC(=O)c1c(I)c(NC(=O)C(O)C(O)C(O)C(O)CO)c(I)c(N(CCO)C(C)=O)c1I. The summed E-state index contributed by atoms with van der Waals surface area (Å²) in [7, 11) is 1.40. The molecule has 0 radical (unpaired) electrons. The number of rotatable bonds is 10. The summed E-state index contributed by atoms with van der Waals surface area (Å²) >= 11 is 5.53. The number of benzene rings is 1. The molecule has 12 nitrogen and oxygen atoms in total. The van der Waals surface area contributed by atoms with Gasteiger partial charge in [0.05, 0.1) is 40.9 Å². The van der Waals surface area contributed by atoms with Gasteiger partial charge in [-0.05, 0) is 67.8 Å². The molecular weight excluding hydrogens is 783 g/mol. The third-order valence-corrected chi connectivity index (χ3v) is 7.67. The highest BCUT2D eigenvalue weighted by Gasteiger charge is 2.36. The molecule has 0 bridgehead atoms. The van der Waals surface area contributed by atoms with E-state index in [2.05, 4.69) is 10.6 Å². The molecule has 4 atom stereocenters. The van der Waals surface area contributed by atoms with Crippen LogP contribution >= 0.6 is 67.8 Å². The Morgan fingerprint density at radius 3 is 2.00 bits per heavy atom. The fraction of sp³-hybridized carbons (Fsp3) is 0.500. The van der Waals surface area contributed by atoms with Crippen LogP contribution in [0, 0.1) is 10.7 Å². The number of hydrogen-bond acceptors (Lipinski definition) is 9. The number of anilines is 2. The van der Waals surface area contributed by atoms with E-state index in [9.17, 15) is 39.9 Å². The summed E-state index contributed by atoms with van der Waals surface area (Å²) in [6.45, 7) is -0.102. The summed E-state index contributed by atoms with van der Waals surface area (Å²) < 4.78 is 0.955. The van der Waals surface area contributed by atoms with Crippen LogP contribution in [0.4, 0.5) is 11.4 Å². The first-order valence-corrected chi connectivity index (χ1v) is 12.5. The van der Waals surface area contributed by atoms with Crippen molar-refractivity contribution in [2.75, 3.05) is 37.0 Å². The third kappa shape index (κ3) is 7.06. The average molecular weight is 807 g/mol. The lowest BCUT2D eigenvalue weighted by Gasteiger charge is -2.28. The van der Waals surface area contributed by atoms with E-state index in [4.69, 9.17) is 5.11 Å². The second kappa shape index (κ2) is 13.6. The van der Waals surface area contributed by atoms with Gasteiger partial charge in [-0.3, -0.25) is 14.4 Å². The van der Waals surface area contributed by atoms with Gasteiger partial charge in [0, 0.05) is 20.5 Å². The molecule has 33 heavy (non-hydrogen) atoms. The van der Waals surface area contributed by atoms with E-state index < -0.39 is 48.7 Å². The van der Waals surface area contributed by atoms with Crippen LogP contribution in [0.5, 0.6) is 0 Å². The van der Waals surface area contributed by atoms with E-state index >= 15 is 0 Å². The molecule has 0 saturated carbocycles. The van der Waals surface area contributed by atoms with Crippen molar-refractivity contribution in [1.29, 1.82) is 0 Å². The minimum atomic E-state index is -2.21. The Morgan fingerprint density at radius 2 is 1.55 bits per heavy atom. The summed E-state index contributed by atoms with van der Waals surface area (Å²) in [6.07, 6.45) is -8.15. The Labute approximate surface area is 230 Å². The largest absolute Gasteiger partial charge is 0.395 e. The lowest BCUT2D eigenvalue weighted by molar-refractivity contribution is -0.144. The molecule has 1 aromatic rings. The van der Waals surface area contributed by atoms with E-state index in [-0.39, 0.29) is 33.7 Å². The van der Waals surface area contributed by atoms with Gasteiger partial charge < -0.3 is 46.2 Å². The first-order valence-electron chi connectivity index (χ1n) is 9.30. The number of aliphatic hydroxyl groups excluding tert-OH is 6. The highest BCUT2D eigenvalue weighted by Crippen LogP contribution is 2.41. The van der Waals surface area contributed by atoms with Gasteiger partial charge in [-0.1, -0.05) is 0 Å². The highest BCUT2D eigenvalue weighted by molar-refractivity contribution is 14.1. The number of hydrogen-bond donors (Lipinski definition) is 8. The zero-order chi connectivity index (χ0) is 25.6. The van der Waals surface area contributed by atoms with E-state index in [1.54, 1.807) is 0 Å². The summed E-state index contributed by atoms with van der Waals surface area (Å²) in [4.78, 5) is 38.7. The monoisotopic (exact) mass is 807 g/mol. The molecule has 0 heterocycles. The third-order valence-electron chi connectivity index (χ3n) is 4.49. The molecule has 0 aromatic heterocycles. The fourth-order valence-corrected chi connectivity index (χ4v) is 7.23. The van der Waals surface area contributed by atoms with Crippen LogP contribution < -0.4 is 15.5 Å². The molecule has 0 aliphatic heterocycles. The molecule has 0 aliphatic rings. The van der Waals surface area contributed by atoms with Crippen molar-refractivity contribution in [2.24, 2.45) is 0 Å². The van der Waals surface area contributed by atoms with E-state index in [0.29, 0.717) is 7.14 Å². The van der Waals surface area contributed by atoms with Gasteiger partial charge >= 0.3 is 0 Å². The minimum absolute atomic E-state index is 0.0443. The number of nitrogens with zero attached hydrogens (tertiary/aromatic N) is 1.